The summed E-state index contributed by atoms with van der Waals surface area (Å²) in [7, 11) is 4.43. The van der Waals surface area contributed by atoms with Crippen molar-refractivity contribution in [1.29, 1.82) is 0 Å². The molecule has 2 aromatic rings. The number of unbranched alkanes of at least 4 members (excludes halogenated alkanes) is 1. The molecule has 2 aromatic heterocycles. The number of ketones is 3. The van der Waals surface area contributed by atoms with Crippen LogP contribution < -0.4 is 26.2 Å². The number of ether oxygens (including phenoxy) is 7. The predicted molar refractivity (Wildman–Crippen MR) is 399 cm³/mol. The minimum atomic E-state index is -2.50. The molecule has 0 radical (unpaired) electrons. The Morgan fingerprint density at radius 3 is 2.12 bits per heavy atom. The van der Waals surface area contributed by atoms with Crippen LogP contribution in [-0.2, 0) is 68.5 Å². The fourth-order valence-electron chi connectivity index (χ4n) is 15.0. The number of fused-ring (bicyclic) bond motifs is 3. The molecule has 4 saturated heterocycles. The van der Waals surface area contributed by atoms with Crippen LogP contribution in [0.4, 0.5) is 16.7 Å². The summed E-state index contributed by atoms with van der Waals surface area (Å²) in [5, 5.41) is 28.5. The lowest BCUT2D eigenvalue weighted by Gasteiger charge is -2.42. The second kappa shape index (κ2) is 41.9. The van der Waals surface area contributed by atoms with Crippen molar-refractivity contribution in [1.82, 2.24) is 45.3 Å². The largest absolute Gasteiger partial charge is 0.459 e. The molecular formula is C78H118N12O17. The first-order chi connectivity index (χ1) is 51.3. The number of nitrogens with zero attached hydrogens (tertiary/aromatic N) is 9. The molecule has 29 nitrogen and oxygen atoms in total. The van der Waals surface area contributed by atoms with Crippen LogP contribution in [0.3, 0.4) is 0 Å². The van der Waals surface area contributed by atoms with Crippen molar-refractivity contribution in [3.8, 4) is 0 Å². The van der Waals surface area contributed by atoms with Crippen molar-refractivity contribution in [3.05, 3.63) is 83.5 Å². The lowest BCUT2D eigenvalue weighted by molar-refractivity contribution is -0.265. The number of carbonyl (C=O) groups is 8. The number of alkyl carbamates (subject to hydrolysis) is 1. The van der Waals surface area contributed by atoms with Gasteiger partial charge in [-0.05, 0) is 107 Å². The Kier molecular flexibility index (Phi) is 33.3. The highest BCUT2D eigenvalue weighted by Crippen LogP contribution is 2.38. The normalized spacial score (nSPS) is 30.9. The summed E-state index contributed by atoms with van der Waals surface area (Å²) < 4.78 is 42.0. The Bertz CT molecular complexity index is 3380. The van der Waals surface area contributed by atoms with E-state index < -0.39 is 114 Å². The number of rotatable bonds is 21. The van der Waals surface area contributed by atoms with Gasteiger partial charge < -0.3 is 79.3 Å². The Balaban J connectivity index is 0.904. The van der Waals surface area contributed by atoms with Crippen molar-refractivity contribution in [2.24, 2.45) is 35.3 Å². The van der Waals surface area contributed by atoms with Gasteiger partial charge in [0.2, 0.25) is 23.6 Å². The predicted octanol–water partition coefficient (Wildman–Crippen LogP) is 5.79. The number of Topliss-reactive ketones (excluding diaryl/α,β-unsaturated/α-hetero) is 3. The van der Waals surface area contributed by atoms with Gasteiger partial charge in [-0.15, -0.1) is 0 Å². The minimum absolute atomic E-state index is 0.00221. The van der Waals surface area contributed by atoms with Gasteiger partial charge in [0.15, 0.2) is 18.0 Å². The number of allylic oxidation sites excluding steroid dienone is 6. The number of aromatic nitrogens is 4. The van der Waals surface area contributed by atoms with E-state index in [-0.39, 0.29) is 68.2 Å². The van der Waals surface area contributed by atoms with Crippen LogP contribution in [0.5, 0.6) is 0 Å². The van der Waals surface area contributed by atoms with Crippen molar-refractivity contribution in [2.75, 3.05) is 116 Å². The maximum atomic E-state index is 14.8. The van der Waals surface area contributed by atoms with Gasteiger partial charge in [-0.2, -0.15) is 0 Å². The lowest BCUT2D eigenvalue weighted by atomic mass is 9.80. The summed E-state index contributed by atoms with van der Waals surface area (Å²) in [4.78, 5) is 140. The highest BCUT2D eigenvalue weighted by atomic mass is 16.6. The average Bonchev–Trinajstić information content (AvgIpc) is 0.777. The van der Waals surface area contributed by atoms with Crippen LogP contribution in [0.25, 0.3) is 0 Å². The first kappa shape index (κ1) is 85.1. The molecule has 5 fully saturated rings. The molecular weight excluding hydrogens is 1380 g/mol. The maximum absolute atomic E-state index is 14.8. The number of hydrogen-bond donors (Lipinski definition) is 5. The molecule has 8 rings (SSSR count). The van der Waals surface area contributed by atoms with Crippen LogP contribution in [0.1, 0.15) is 161 Å². The van der Waals surface area contributed by atoms with Crippen LogP contribution in [0.2, 0.25) is 0 Å². The molecule has 0 unspecified atom stereocenters. The van der Waals surface area contributed by atoms with Gasteiger partial charge in [-0.1, -0.05) is 77.5 Å². The van der Waals surface area contributed by atoms with Gasteiger partial charge >= 0.3 is 12.1 Å². The summed E-state index contributed by atoms with van der Waals surface area (Å²) in [6.07, 6.45) is 16.3. The molecule has 6 N–H and O–H groups in total. The monoisotopic (exact) mass is 1490 g/mol. The topological polar surface area (TPSA) is 359 Å². The lowest BCUT2D eigenvalue weighted by Crippen LogP contribution is -2.61. The molecule has 2 bridgehead atoms. The summed E-state index contributed by atoms with van der Waals surface area (Å²) in [5.41, 5.74) is 9.14. The van der Waals surface area contributed by atoms with E-state index in [9.17, 15) is 48.6 Å². The van der Waals surface area contributed by atoms with Crippen LogP contribution in [-0.4, -0.2) is 259 Å². The summed E-state index contributed by atoms with van der Waals surface area (Å²) >= 11 is 0. The number of nitrogens with two attached hydrogens (primary N) is 1. The first-order valence-electron chi connectivity index (χ1n) is 38.5. The maximum Gasteiger partial charge on any atom is 0.408 e. The van der Waals surface area contributed by atoms with Crippen molar-refractivity contribution in [2.45, 2.75) is 212 Å². The van der Waals surface area contributed by atoms with E-state index in [0.717, 1.165) is 56.0 Å². The zero-order chi connectivity index (χ0) is 77.3. The third-order valence-corrected chi connectivity index (χ3v) is 21.9. The Hall–Kier alpha value is -7.48. The minimum Gasteiger partial charge on any atom is -0.459 e. The third-order valence-electron chi connectivity index (χ3n) is 21.9. The number of anilines is 2. The molecule has 4 amide bonds. The van der Waals surface area contributed by atoms with Crippen LogP contribution in [0.15, 0.2) is 72.4 Å². The number of aliphatic hydroxyl groups excluding tert-OH is 1. The van der Waals surface area contributed by atoms with Crippen molar-refractivity contribution in [3.63, 3.8) is 0 Å². The first-order valence-corrected chi connectivity index (χ1v) is 38.5. The number of esters is 1. The van der Waals surface area contributed by atoms with E-state index in [1.165, 1.54) is 14.2 Å². The van der Waals surface area contributed by atoms with Gasteiger partial charge in [0.1, 0.15) is 17.9 Å². The molecule has 6 aliphatic rings. The number of carbonyl (C=O) groups excluding carboxylic acids is 8. The van der Waals surface area contributed by atoms with Crippen molar-refractivity contribution >= 4 is 59.0 Å². The smallest absolute Gasteiger partial charge is 0.408 e. The van der Waals surface area contributed by atoms with E-state index in [0.29, 0.717) is 126 Å². The Morgan fingerprint density at radius 1 is 0.757 bits per heavy atom. The molecule has 107 heavy (non-hydrogen) atoms. The molecule has 7 heterocycles. The number of amides is 4. The summed E-state index contributed by atoms with van der Waals surface area (Å²) in [6, 6.07) is -2.20. The van der Waals surface area contributed by atoms with Gasteiger partial charge in [0.05, 0.1) is 49.6 Å². The van der Waals surface area contributed by atoms with Gasteiger partial charge in [-0.3, -0.25) is 33.7 Å². The number of methoxy groups -OCH3 is 3. The van der Waals surface area contributed by atoms with E-state index >= 15 is 0 Å². The van der Waals surface area contributed by atoms with E-state index in [2.05, 4.69) is 47.3 Å². The van der Waals surface area contributed by atoms with Gasteiger partial charge in [-0.25, -0.2) is 29.5 Å². The van der Waals surface area contributed by atoms with E-state index in [4.69, 9.17) is 38.9 Å². The van der Waals surface area contributed by atoms with E-state index in [1.807, 2.05) is 54.0 Å². The zero-order valence-electron chi connectivity index (χ0n) is 64.5. The summed E-state index contributed by atoms with van der Waals surface area (Å²) in [6.45, 7) is 19.8. The quantitative estimate of drug-likeness (QED) is 0.0427. The number of hydrogen-bond acceptors (Lipinski definition) is 25. The van der Waals surface area contributed by atoms with Crippen LogP contribution >= 0.6 is 0 Å². The zero-order valence-corrected chi connectivity index (χ0v) is 64.5. The number of piperazine rings is 2. The number of piperidine rings is 1. The molecule has 0 spiro atoms. The molecule has 1 aliphatic carbocycles. The van der Waals surface area contributed by atoms with Crippen molar-refractivity contribution < 1.29 is 81.7 Å². The van der Waals surface area contributed by atoms with Crippen LogP contribution in [0, 0.1) is 29.6 Å². The Morgan fingerprint density at radius 2 is 1.45 bits per heavy atom. The van der Waals surface area contributed by atoms with E-state index in [1.54, 1.807) is 65.7 Å². The molecule has 592 valence electrons. The molecule has 0 aromatic carbocycles. The van der Waals surface area contributed by atoms with Gasteiger partial charge in [0.25, 0.3) is 17.6 Å². The molecule has 29 heteroatoms. The second-order valence-corrected chi connectivity index (χ2v) is 29.8. The fraction of sp³-hybridized carbons (Fsp3) is 0.692. The third kappa shape index (κ3) is 24.3. The SMILES string of the molecule is CCCCNC(=O)c1cnc(N2CCN(CCOCCC(=O)N3CCN(c4ncc(CNC(=O)O[C@@H]5/C(C)=C/[C@@H](C)C(=O)C[C@@H]([C@H](N)C[C@@H]6CC[C@@H](O)[C@H](OC)C6)OC(=O)[C@@H]6CCCCN6C(=O)C(=O)[C@]6(O)O[C@@H](CC[C@H]6C)C[C@H](OC)/C(C)=C/C=C/C=C/[C@@H](C)C[C@@H](C)C(=O)[C@@H]5OC)cn4)CC3)CC2)nc1. The molecule has 5 aliphatic heterocycles. The molecule has 15 atom stereocenters. The number of aliphatic hydroxyl groups is 2. The number of nitrogens with one attached hydrogen (secondary N) is 2. The fourth-order valence-corrected chi connectivity index (χ4v) is 15.0. The van der Waals surface area contributed by atoms with Gasteiger partial charge in [0, 0.05) is 167 Å². The molecule has 1 saturated carbocycles. The highest BCUT2D eigenvalue weighted by Gasteiger charge is 2.53. The standard InChI is InChI=1S/C78H118N12O17/c1-11-12-26-80-72(96)58-48-83-76(84-49-58)88-30-28-86(29-31-88)36-38-104-37-25-67(93)87-32-34-89(35-33-87)75-81-45-57(46-82-75)47-85-77(99)106-69-54(6)40-52(4)63(92)44-65(60(79)41-56-22-24-62(91)66(42-56)102-9)105-74(98)61-20-16-17-27-90(61)73(97)71(95)78(100)55(7)21-23-59(107-78)43-64(101-8)51(3)19-15-13-14-18-50(2)39-53(5)68(94)70(69)103-10/h13-15,18-19,40,45-46,48-50,52-53,55-56,59-62,64-66,69-70,91,100H,11-12,16-17,20-39,41-44,47,79H2,1-10H3,(H,80,96)(H,85,99)/b15-13+,18-14+,51-19+,54-40+/t50-,52-,53-,55-,56+,59+,60-,61+,62-,64+,65+,66-,69-,70+,78-/m1/s1. The second-order valence-electron chi connectivity index (χ2n) is 29.8. The Labute approximate surface area is 630 Å². The number of cyclic esters (lactones) is 1. The average molecular weight is 1500 g/mol. The highest BCUT2D eigenvalue weighted by molar-refractivity contribution is 6.39. The summed E-state index contributed by atoms with van der Waals surface area (Å²) in [5.74, 6) is -8.09.